The van der Waals surface area contributed by atoms with Gasteiger partial charge in [-0.2, -0.15) is 0 Å². The Morgan fingerprint density at radius 3 is 2.81 bits per heavy atom. The highest BCUT2D eigenvalue weighted by molar-refractivity contribution is 5.95. The number of hydrogen-bond acceptors (Lipinski definition) is 1. The number of hydrogen-bond donors (Lipinski definition) is 1. The molecule has 86 valence electrons. The van der Waals surface area contributed by atoms with Gasteiger partial charge in [-0.25, -0.2) is 0 Å². The Hall–Kier alpha value is -1.31. The molecule has 0 saturated heterocycles. The van der Waals surface area contributed by atoms with Crippen LogP contribution in [0, 0.1) is 11.8 Å². The number of carbonyl (C=O) groups is 1. The van der Waals surface area contributed by atoms with Crippen molar-refractivity contribution in [3.05, 3.63) is 29.3 Å². The van der Waals surface area contributed by atoms with Gasteiger partial charge in [-0.15, -0.1) is 0 Å². The summed E-state index contributed by atoms with van der Waals surface area (Å²) in [5.41, 5.74) is 3.63. The van der Waals surface area contributed by atoms with E-state index in [0.717, 1.165) is 18.5 Å². The van der Waals surface area contributed by atoms with E-state index in [0.29, 0.717) is 5.92 Å². The molecular formula is C14H19NO. The molecule has 2 heteroatoms. The highest BCUT2D eigenvalue weighted by Gasteiger charge is 2.28. The van der Waals surface area contributed by atoms with E-state index >= 15 is 0 Å². The number of carbonyl (C=O) groups excluding carboxylic acids is 1. The maximum absolute atomic E-state index is 11.8. The predicted octanol–water partition coefficient (Wildman–Crippen LogP) is 3.02. The number of fused-ring (bicyclic) bond motifs is 1. The average molecular weight is 217 g/mol. The molecule has 16 heavy (non-hydrogen) atoms. The van der Waals surface area contributed by atoms with Crippen LogP contribution in [0.15, 0.2) is 18.2 Å². The highest BCUT2D eigenvalue weighted by atomic mass is 16.1. The quantitative estimate of drug-likeness (QED) is 0.810. The summed E-state index contributed by atoms with van der Waals surface area (Å²) in [6, 6.07) is 6.35. The zero-order valence-electron chi connectivity index (χ0n) is 10.2. The monoisotopic (exact) mass is 217 g/mol. The SMILES string of the molecule is CCc1ccc2c(c1)CC(C(C)C)C(=O)N2. The molecule has 0 radical (unpaired) electrons. The second-order valence-corrected chi connectivity index (χ2v) is 4.89. The van der Waals surface area contributed by atoms with Gasteiger partial charge in [-0.1, -0.05) is 32.9 Å². The largest absolute Gasteiger partial charge is 0.326 e. The second kappa shape index (κ2) is 4.28. The summed E-state index contributed by atoms with van der Waals surface area (Å²) in [5.74, 6) is 0.699. The smallest absolute Gasteiger partial charge is 0.228 e. The molecule has 1 heterocycles. The summed E-state index contributed by atoms with van der Waals surface area (Å²) in [4.78, 5) is 11.8. The van der Waals surface area contributed by atoms with Crippen LogP contribution in [0.4, 0.5) is 5.69 Å². The standard InChI is InChI=1S/C14H19NO/c1-4-10-5-6-13-11(7-10)8-12(9(2)3)14(16)15-13/h5-7,9,12H,4,8H2,1-3H3,(H,15,16). The third-order valence-electron chi connectivity index (χ3n) is 3.42. The number of aryl methyl sites for hydroxylation is 1. The van der Waals surface area contributed by atoms with E-state index in [1.807, 2.05) is 6.07 Å². The lowest BCUT2D eigenvalue weighted by Crippen LogP contribution is -2.33. The predicted molar refractivity (Wildman–Crippen MR) is 66.5 cm³/mol. The van der Waals surface area contributed by atoms with Crippen molar-refractivity contribution in [3.8, 4) is 0 Å². The van der Waals surface area contributed by atoms with Crippen molar-refractivity contribution >= 4 is 11.6 Å². The van der Waals surface area contributed by atoms with E-state index in [9.17, 15) is 4.79 Å². The van der Waals surface area contributed by atoms with Crippen LogP contribution in [0.1, 0.15) is 31.9 Å². The van der Waals surface area contributed by atoms with Crippen LogP contribution in [-0.2, 0) is 17.6 Å². The number of benzene rings is 1. The number of amides is 1. The number of rotatable bonds is 2. The van der Waals surface area contributed by atoms with Crippen LogP contribution in [0.3, 0.4) is 0 Å². The lowest BCUT2D eigenvalue weighted by atomic mass is 9.84. The molecule has 1 aliphatic heterocycles. The van der Waals surface area contributed by atoms with Crippen molar-refractivity contribution in [2.24, 2.45) is 11.8 Å². The van der Waals surface area contributed by atoms with Gasteiger partial charge < -0.3 is 5.32 Å². The summed E-state index contributed by atoms with van der Waals surface area (Å²) >= 11 is 0. The molecule has 1 atom stereocenters. The van der Waals surface area contributed by atoms with Gasteiger partial charge in [0.05, 0.1) is 0 Å². The minimum Gasteiger partial charge on any atom is -0.326 e. The molecule has 1 aromatic rings. The molecule has 1 aliphatic rings. The Labute approximate surface area is 97.1 Å². The van der Waals surface area contributed by atoms with E-state index < -0.39 is 0 Å². The maximum atomic E-state index is 11.8. The molecule has 0 bridgehead atoms. The molecule has 1 N–H and O–H groups in total. The molecular weight excluding hydrogens is 198 g/mol. The lowest BCUT2D eigenvalue weighted by molar-refractivity contribution is -0.121. The van der Waals surface area contributed by atoms with Crippen molar-refractivity contribution in [1.29, 1.82) is 0 Å². The first kappa shape index (κ1) is 11.2. The summed E-state index contributed by atoms with van der Waals surface area (Å²) in [6.45, 7) is 6.38. The van der Waals surface area contributed by atoms with Crippen molar-refractivity contribution in [2.75, 3.05) is 5.32 Å². The summed E-state index contributed by atoms with van der Waals surface area (Å²) in [6.07, 6.45) is 1.93. The van der Waals surface area contributed by atoms with Crippen molar-refractivity contribution in [3.63, 3.8) is 0 Å². The molecule has 1 aromatic carbocycles. The lowest BCUT2D eigenvalue weighted by Gasteiger charge is -2.27. The van der Waals surface area contributed by atoms with Gasteiger partial charge in [0.2, 0.25) is 5.91 Å². The Morgan fingerprint density at radius 1 is 1.44 bits per heavy atom. The van der Waals surface area contributed by atoms with E-state index in [1.54, 1.807) is 0 Å². The average Bonchev–Trinajstić information content (AvgIpc) is 2.27. The molecule has 0 saturated carbocycles. The first-order valence-corrected chi connectivity index (χ1v) is 6.04. The van der Waals surface area contributed by atoms with Gasteiger partial charge in [0.25, 0.3) is 0 Å². The van der Waals surface area contributed by atoms with Crippen molar-refractivity contribution in [1.82, 2.24) is 0 Å². The van der Waals surface area contributed by atoms with Crippen LogP contribution < -0.4 is 5.32 Å². The molecule has 2 nitrogen and oxygen atoms in total. The topological polar surface area (TPSA) is 29.1 Å². The van der Waals surface area contributed by atoms with Crippen LogP contribution in [0.2, 0.25) is 0 Å². The molecule has 2 rings (SSSR count). The maximum Gasteiger partial charge on any atom is 0.228 e. The van der Waals surface area contributed by atoms with Crippen molar-refractivity contribution in [2.45, 2.75) is 33.6 Å². The number of anilines is 1. The molecule has 0 fully saturated rings. The normalized spacial score (nSPS) is 19.5. The van der Waals surface area contributed by atoms with Crippen molar-refractivity contribution < 1.29 is 4.79 Å². The van der Waals surface area contributed by atoms with Gasteiger partial charge >= 0.3 is 0 Å². The second-order valence-electron chi connectivity index (χ2n) is 4.89. The fourth-order valence-electron chi connectivity index (χ4n) is 2.25. The van der Waals surface area contributed by atoms with Gasteiger partial charge in [-0.05, 0) is 36.0 Å². The first-order chi connectivity index (χ1) is 7.61. The molecule has 0 aromatic heterocycles. The van der Waals surface area contributed by atoms with Crippen LogP contribution in [-0.4, -0.2) is 5.91 Å². The fraction of sp³-hybridized carbons (Fsp3) is 0.500. The van der Waals surface area contributed by atoms with Gasteiger partial charge in [0.1, 0.15) is 0 Å². The zero-order valence-corrected chi connectivity index (χ0v) is 10.2. The Morgan fingerprint density at radius 2 is 2.19 bits per heavy atom. The highest BCUT2D eigenvalue weighted by Crippen LogP contribution is 2.30. The summed E-state index contributed by atoms with van der Waals surface area (Å²) in [5, 5.41) is 3.00. The van der Waals surface area contributed by atoms with E-state index in [2.05, 4.69) is 38.2 Å². The minimum absolute atomic E-state index is 0.125. The van der Waals surface area contributed by atoms with Gasteiger partial charge in [0.15, 0.2) is 0 Å². The zero-order chi connectivity index (χ0) is 11.7. The molecule has 1 amide bonds. The van der Waals surface area contributed by atoms with E-state index in [-0.39, 0.29) is 11.8 Å². The summed E-state index contributed by atoms with van der Waals surface area (Å²) < 4.78 is 0. The molecule has 0 spiro atoms. The molecule has 1 unspecified atom stereocenters. The first-order valence-electron chi connectivity index (χ1n) is 6.04. The molecule has 0 aliphatic carbocycles. The number of nitrogens with one attached hydrogen (secondary N) is 1. The van der Waals surface area contributed by atoms with E-state index in [4.69, 9.17) is 0 Å². The van der Waals surface area contributed by atoms with Gasteiger partial charge in [0, 0.05) is 11.6 Å². The third kappa shape index (κ3) is 1.97. The van der Waals surface area contributed by atoms with Crippen LogP contribution in [0.25, 0.3) is 0 Å². The summed E-state index contributed by atoms with van der Waals surface area (Å²) in [7, 11) is 0. The minimum atomic E-state index is 0.125. The van der Waals surface area contributed by atoms with Gasteiger partial charge in [-0.3, -0.25) is 4.79 Å². The van der Waals surface area contributed by atoms with Crippen LogP contribution in [0.5, 0.6) is 0 Å². The Balaban J connectivity index is 2.32. The third-order valence-corrected chi connectivity index (χ3v) is 3.42. The Kier molecular flexibility index (Phi) is 2.99. The van der Waals surface area contributed by atoms with E-state index in [1.165, 1.54) is 11.1 Å². The van der Waals surface area contributed by atoms with Crippen LogP contribution >= 0.6 is 0 Å². The fourth-order valence-corrected chi connectivity index (χ4v) is 2.25. The Bertz CT molecular complexity index is 409.